The number of nitrogens with one attached hydrogen (secondary N) is 1. The van der Waals surface area contributed by atoms with Gasteiger partial charge in [-0.15, -0.1) is 0 Å². The quantitative estimate of drug-likeness (QED) is 0.479. The molecule has 88 valence electrons. The van der Waals surface area contributed by atoms with Gasteiger partial charge in [0.2, 0.25) is 0 Å². The Kier molecular flexibility index (Phi) is 4.65. The third-order valence-electron chi connectivity index (χ3n) is 2.01. The molecule has 0 aliphatic heterocycles. The van der Waals surface area contributed by atoms with Gasteiger partial charge in [0, 0.05) is 11.6 Å². The fourth-order valence-corrected chi connectivity index (χ4v) is 1.26. The number of nitro groups is 1. The summed E-state index contributed by atoms with van der Waals surface area (Å²) in [6.07, 6.45) is 4.02. The zero-order valence-electron chi connectivity index (χ0n) is 9.00. The molecule has 0 aliphatic rings. The number of allylic oxidation sites excluding steroid dienone is 3. The highest BCUT2D eigenvalue weighted by Gasteiger charge is 2.14. The second-order valence-electron chi connectivity index (χ2n) is 3.08. The molecule has 0 aliphatic carbocycles. The normalized spacial score (nSPS) is 12.1. The van der Waals surface area contributed by atoms with Crippen molar-refractivity contribution in [1.82, 2.24) is 5.48 Å². The minimum Gasteiger partial charge on any atom is -0.761 e. The molecule has 0 saturated heterocycles. The van der Waals surface area contributed by atoms with Crippen molar-refractivity contribution < 1.29 is 4.92 Å². The Hall–Kier alpha value is -2.40. The molecule has 1 N–H and O–H groups in total. The smallest absolute Gasteiger partial charge is 0.292 e. The van der Waals surface area contributed by atoms with Gasteiger partial charge in [0.05, 0.1) is 4.92 Å². The first-order valence-corrected chi connectivity index (χ1v) is 4.82. The van der Waals surface area contributed by atoms with E-state index >= 15 is 0 Å². The molecule has 5 nitrogen and oxygen atoms in total. The number of hydrogen-bond acceptors (Lipinski definition) is 4. The minimum atomic E-state index is -0.618. The highest BCUT2D eigenvalue weighted by Crippen LogP contribution is 2.17. The summed E-state index contributed by atoms with van der Waals surface area (Å²) in [5, 5.41) is 21.7. The summed E-state index contributed by atoms with van der Waals surface area (Å²) in [7, 11) is 0. The van der Waals surface area contributed by atoms with E-state index in [0.717, 1.165) is 0 Å². The minimum absolute atomic E-state index is 0.0753. The van der Waals surface area contributed by atoms with Gasteiger partial charge in [-0.1, -0.05) is 49.1 Å². The van der Waals surface area contributed by atoms with E-state index in [0.29, 0.717) is 5.56 Å². The molecule has 1 rings (SSSR count). The van der Waals surface area contributed by atoms with Gasteiger partial charge in [0.15, 0.2) is 0 Å². The Morgan fingerprint density at radius 2 is 2.00 bits per heavy atom. The maximum Gasteiger partial charge on any atom is 0.292 e. The number of hydroxylamine groups is 1. The Morgan fingerprint density at radius 3 is 2.47 bits per heavy atom. The monoisotopic (exact) mass is 231 g/mol. The van der Waals surface area contributed by atoms with E-state index in [1.165, 1.54) is 18.2 Å². The zero-order valence-corrected chi connectivity index (χ0v) is 9.00. The van der Waals surface area contributed by atoms with Gasteiger partial charge >= 0.3 is 0 Å². The van der Waals surface area contributed by atoms with E-state index in [4.69, 9.17) is 0 Å². The van der Waals surface area contributed by atoms with E-state index < -0.39 is 4.92 Å². The van der Waals surface area contributed by atoms with Gasteiger partial charge in [-0.2, -0.15) is 0 Å². The van der Waals surface area contributed by atoms with Crippen molar-refractivity contribution in [3.05, 3.63) is 81.7 Å². The SMILES string of the molecule is C=CC=CC(=C(N[O-])c1ccccc1)[N+](=O)[O-]. The van der Waals surface area contributed by atoms with E-state index in [1.54, 1.807) is 35.8 Å². The van der Waals surface area contributed by atoms with Crippen molar-refractivity contribution in [2.75, 3.05) is 0 Å². The second kappa shape index (κ2) is 6.24. The molecule has 1 aromatic rings. The Morgan fingerprint density at radius 1 is 1.35 bits per heavy atom. The van der Waals surface area contributed by atoms with Crippen LogP contribution in [0.3, 0.4) is 0 Å². The summed E-state index contributed by atoms with van der Waals surface area (Å²) in [6, 6.07) is 8.39. The lowest BCUT2D eigenvalue weighted by molar-refractivity contribution is -0.418. The van der Waals surface area contributed by atoms with Crippen LogP contribution in [0.4, 0.5) is 0 Å². The molecule has 0 atom stereocenters. The summed E-state index contributed by atoms with van der Waals surface area (Å²) in [4.78, 5) is 10.2. The average Bonchev–Trinajstić information content (AvgIpc) is 2.35. The van der Waals surface area contributed by atoms with Crippen LogP contribution in [-0.2, 0) is 0 Å². The van der Waals surface area contributed by atoms with Crippen LogP contribution < -0.4 is 5.48 Å². The Balaban J connectivity index is 3.31. The molecule has 0 heterocycles. The first-order valence-electron chi connectivity index (χ1n) is 4.82. The molecule has 1 aromatic carbocycles. The standard InChI is InChI=1S/C12H11N2O3/c1-2-3-9-11(14(16)17)12(13-15)10-7-5-4-6-8-10/h2-9,13H,1H2/q-1. The molecule has 0 unspecified atom stereocenters. The lowest BCUT2D eigenvalue weighted by Crippen LogP contribution is -2.10. The predicted molar refractivity (Wildman–Crippen MR) is 66.2 cm³/mol. The van der Waals surface area contributed by atoms with Gasteiger partial charge in [-0.25, -0.2) is 0 Å². The highest BCUT2D eigenvalue weighted by molar-refractivity contribution is 5.67. The summed E-state index contributed by atoms with van der Waals surface area (Å²) in [5.74, 6) is 0. The van der Waals surface area contributed by atoms with Crippen molar-refractivity contribution in [3.8, 4) is 0 Å². The van der Waals surface area contributed by atoms with Gasteiger partial charge < -0.3 is 10.7 Å². The van der Waals surface area contributed by atoms with Crippen molar-refractivity contribution in [3.63, 3.8) is 0 Å². The van der Waals surface area contributed by atoms with E-state index in [-0.39, 0.29) is 11.4 Å². The molecular formula is C12H11N2O3-. The number of benzene rings is 1. The first kappa shape index (κ1) is 12.7. The Bertz CT molecular complexity index is 464. The van der Waals surface area contributed by atoms with Gasteiger partial charge in [0.25, 0.3) is 5.70 Å². The van der Waals surface area contributed by atoms with Gasteiger partial charge in [-0.3, -0.25) is 10.1 Å². The van der Waals surface area contributed by atoms with E-state index in [9.17, 15) is 15.3 Å². The topological polar surface area (TPSA) is 78.2 Å². The fraction of sp³-hybridized carbons (Fsp3) is 0. The first-order chi connectivity index (χ1) is 8.20. The van der Waals surface area contributed by atoms with Crippen LogP contribution in [0, 0.1) is 15.3 Å². The lowest BCUT2D eigenvalue weighted by Gasteiger charge is -2.13. The average molecular weight is 231 g/mol. The van der Waals surface area contributed by atoms with Crippen molar-refractivity contribution in [2.45, 2.75) is 0 Å². The summed E-state index contributed by atoms with van der Waals surface area (Å²) >= 11 is 0. The summed E-state index contributed by atoms with van der Waals surface area (Å²) in [6.45, 7) is 3.42. The van der Waals surface area contributed by atoms with Crippen molar-refractivity contribution in [1.29, 1.82) is 0 Å². The van der Waals surface area contributed by atoms with Crippen LogP contribution in [0.1, 0.15) is 5.56 Å². The largest absolute Gasteiger partial charge is 0.761 e. The predicted octanol–water partition coefficient (Wildman–Crippen LogP) is 2.46. The summed E-state index contributed by atoms with van der Waals surface area (Å²) in [5.41, 5.74) is 1.70. The maximum atomic E-state index is 10.9. The molecule has 0 bridgehead atoms. The molecule has 0 spiro atoms. The molecule has 17 heavy (non-hydrogen) atoms. The molecule has 0 radical (unpaired) electrons. The van der Waals surface area contributed by atoms with Crippen LogP contribution >= 0.6 is 0 Å². The van der Waals surface area contributed by atoms with Crippen LogP contribution in [0.15, 0.2) is 60.8 Å². The fourth-order valence-electron chi connectivity index (χ4n) is 1.26. The Labute approximate surface area is 98.5 Å². The number of hydrogen-bond donors (Lipinski definition) is 1. The number of rotatable bonds is 5. The van der Waals surface area contributed by atoms with Crippen molar-refractivity contribution in [2.24, 2.45) is 0 Å². The van der Waals surface area contributed by atoms with Crippen LogP contribution in [0.5, 0.6) is 0 Å². The molecular weight excluding hydrogens is 220 g/mol. The third-order valence-corrected chi connectivity index (χ3v) is 2.01. The molecule has 0 aromatic heterocycles. The molecule has 0 amide bonds. The molecule has 0 fully saturated rings. The zero-order chi connectivity index (χ0) is 12.7. The van der Waals surface area contributed by atoms with Crippen LogP contribution in [-0.4, -0.2) is 4.92 Å². The summed E-state index contributed by atoms with van der Waals surface area (Å²) < 4.78 is 0. The van der Waals surface area contributed by atoms with E-state index in [2.05, 4.69) is 6.58 Å². The number of nitrogens with zero attached hydrogens (tertiary/aromatic N) is 1. The van der Waals surface area contributed by atoms with Gasteiger partial charge in [-0.05, 0) is 0 Å². The van der Waals surface area contributed by atoms with Crippen LogP contribution in [0.25, 0.3) is 5.70 Å². The lowest BCUT2D eigenvalue weighted by atomic mass is 10.1. The van der Waals surface area contributed by atoms with Crippen molar-refractivity contribution >= 4 is 5.70 Å². The van der Waals surface area contributed by atoms with Crippen LogP contribution in [0.2, 0.25) is 0 Å². The van der Waals surface area contributed by atoms with E-state index in [1.807, 2.05) is 0 Å². The second-order valence-corrected chi connectivity index (χ2v) is 3.08. The molecule has 5 heteroatoms. The highest BCUT2D eigenvalue weighted by atomic mass is 16.6. The third kappa shape index (κ3) is 3.29. The van der Waals surface area contributed by atoms with Gasteiger partial charge in [0.1, 0.15) is 5.70 Å². The maximum absolute atomic E-state index is 10.9. The molecule has 0 saturated carbocycles.